The lowest BCUT2D eigenvalue weighted by atomic mass is 10.0. The van der Waals surface area contributed by atoms with E-state index in [4.69, 9.17) is 0 Å². The van der Waals surface area contributed by atoms with Gasteiger partial charge in [0.1, 0.15) is 5.82 Å². The molecule has 0 aromatic heterocycles. The van der Waals surface area contributed by atoms with E-state index in [2.05, 4.69) is 15.9 Å². The summed E-state index contributed by atoms with van der Waals surface area (Å²) in [5.74, 6) is -0.882. The van der Waals surface area contributed by atoms with Crippen molar-refractivity contribution in [2.45, 2.75) is 6.18 Å². The highest BCUT2D eigenvalue weighted by Crippen LogP contribution is 2.32. The molecule has 0 aliphatic heterocycles. The lowest BCUT2D eigenvalue weighted by molar-refractivity contribution is -0.137. The second-order valence-electron chi connectivity index (χ2n) is 3.70. The Kier molecular flexibility index (Phi) is 3.43. The van der Waals surface area contributed by atoms with Crippen LogP contribution in [0.3, 0.4) is 0 Å². The van der Waals surface area contributed by atoms with Crippen LogP contribution in [0, 0.1) is 5.82 Å². The van der Waals surface area contributed by atoms with Gasteiger partial charge in [0.25, 0.3) is 0 Å². The lowest BCUT2D eigenvalue weighted by Crippen LogP contribution is -2.05. The molecular formula is C13H7BrF4. The Hall–Kier alpha value is -1.36. The second kappa shape index (κ2) is 4.72. The minimum atomic E-state index is -4.53. The first-order valence-corrected chi connectivity index (χ1v) is 5.80. The quantitative estimate of drug-likeness (QED) is 0.628. The van der Waals surface area contributed by atoms with Gasteiger partial charge < -0.3 is 0 Å². The van der Waals surface area contributed by atoms with Crippen LogP contribution in [0.1, 0.15) is 5.56 Å². The monoisotopic (exact) mass is 318 g/mol. The standard InChI is InChI=1S/C13H7BrF4/c14-10-4-1-8(2-5-10)11-6-3-9(7-12(11)15)13(16,17)18/h1-7H. The van der Waals surface area contributed by atoms with E-state index in [0.29, 0.717) is 11.6 Å². The fourth-order valence-electron chi connectivity index (χ4n) is 1.55. The average Bonchev–Trinajstić information content (AvgIpc) is 2.29. The van der Waals surface area contributed by atoms with E-state index < -0.39 is 17.6 Å². The van der Waals surface area contributed by atoms with E-state index in [-0.39, 0.29) is 5.56 Å². The topological polar surface area (TPSA) is 0 Å². The Bertz CT molecular complexity index is 558. The summed E-state index contributed by atoms with van der Waals surface area (Å²) in [5.41, 5.74) is -0.305. The Labute approximate surface area is 109 Å². The molecule has 94 valence electrons. The Morgan fingerprint density at radius 1 is 0.889 bits per heavy atom. The fraction of sp³-hybridized carbons (Fsp3) is 0.0769. The molecule has 18 heavy (non-hydrogen) atoms. The molecule has 5 heteroatoms. The number of halogens is 5. The highest BCUT2D eigenvalue weighted by Gasteiger charge is 2.31. The van der Waals surface area contributed by atoms with Gasteiger partial charge in [0.05, 0.1) is 5.56 Å². The molecule has 0 amide bonds. The van der Waals surface area contributed by atoms with E-state index in [1.54, 1.807) is 24.3 Å². The van der Waals surface area contributed by atoms with Gasteiger partial charge in [-0.25, -0.2) is 4.39 Å². The second-order valence-corrected chi connectivity index (χ2v) is 4.61. The molecule has 0 N–H and O–H groups in total. The smallest absolute Gasteiger partial charge is 0.206 e. The van der Waals surface area contributed by atoms with Gasteiger partial charge >= 0.3 is 6.18 Å². The van der Waals surface area contributed by atoms with Crippen molar-refractivity contribution >= 4 is 15.9 Å². The summed E-state index contributed by atoms with van der Waals surface area (Å²) in [6.45, 7) is 0. The summed E-state index contributed by atoms with van der Waals surface area (Å²) in [5, 5.41) is 0. The van der Waals surface area contributed by atoms with Gasteiger partial charge in [0, 0.05) is 10.0 Å². The van der Waals surface area contributed by atoms with Crippen LogP contribution in [0.15, 0.2) is 46.9 Å². The molecule has 0 saturated carbocycles. The molecule has 0 nitrogen and oxygen atoms in total. The van der Waals surface area contributed by atoms with E-state index in [1.807, 2.05) is 0 Å². The zero-order valence-corrected chi connectivity index (χ0v) is 10.5. The van der Waals surface area contributed by atoms with Crippen LogP contribution < -0.4 is 0 Å². The minimum absolute atomic E-state index is 0.149. The summed E-state index contributed by atoms with van der Waals surface area (Å²) in [4.78, 5) is 0. The van der Waals surface area contributed by atoms with Gasteiger partial charge in [-0.15, -0.1) is 0 Å². The zero-order valence-electron chi connectivity index (χ0n) is 8.93. The summed E-state index contributed by atoms with van der Waals surface area (Å²) in [6, 6.07) is 9.20. The largest absolute Gasteiger partial charge is 0.416 e. The van der Waals surface area contributed by atoms with Crippen molar-refractivity contribution in [1.29, 1.82) is 0 Å². The number of rotatable bonds is 1. The summed E-state index contributed by atoms with van der Waals surface area (Å²) in [6.07, 6.45) is -4.53. The van der Waals surface area contributed by atoms with Gasteiger partial charge in [-0.3, -0.25) is 0 Å². The molecular weight excluding hydrogens is 312 g/mol. The Morgan fingerprint density at radius 2 is 1.50 bits per heavy atom. The van der Waals surface area contributed by atoms with Crippen LogP contribution in [0.5, 0.6) is 0 Å². The van der Waals surface area contributed by atoms with Crippen molar-refractivity contribution in [2.24, 2.45) is 0 Å². The first-order valence-electron chi connectivity index (χ1n) is 5.00. The first kappa shape index (κ1) is 13.1. The maximum atomic E-state index is 13.7. The molecule has 0 atom stereocenters. The molecule has 0 heterocycles. The number of hydrogen-bond acceptors (Lipinski definition) is 0. The van der Waals surface area contributed by atoms with Crippen molar-refractivity contribution in [3.05, 3.63) is 58.3 Å². The summed E-state index contributed by atoms with van der Waals surface area (Å²) in [7, 11) is 0. The molecule has 0 spiro atoms. The lowest BCUT2D eigenvalue weighted by Gasteiger charge is -2.09. The predicted octanol–water partition coefficient (Wildman–Crippen LogP) is 5.27. The van der Waals surface area contributed by atoms with Crippen molar-refractivity contribution in [2.75, 3.05) is 0 Å². The van der Waals surface area contributed by atoms with Gasteiger partial charge in [-0.05, 0) is 29.8 Å². The van der Waals surface area contributed by atoms with Crippen LogP contribution in [0.4, 0.5) is 17.6 Å². The van der Waals surface area contributed by atoms with Crippen molar-refractivity contribution < 1.29 is 17.6 Å². The van der Waals surface area contributed by atoms with E-state index in [1.165, 1.54) is 0 Å². The van der Waals surface area contributed by atoms with Crippen LogP contribution >= 0.6 is 15.9 Å². The minimum Gasteiger partial charge on any atom is -0.206 e. The van der Waals surface area contributed by atoms with E-state index in [9.17, 15) is 17.6 Å². The fourth-order valence-corrected chi connectivity index (χ4v) is 1.82. The van der Waals surface area contributed by atoms with Crippen LogP contribution in [0.2, 0.25) is 0 Å². The molecule has 0 saturated heterocycles. The molecule has 2 aromatic rings. The maximum absolute atomic E-state index is 13.7. The van der Waals surface area contributed by atoms with Crippen LogP contribution in [0.25, 0.3) is 11.1 Å². The van der Waals surface area contributed by atoms with Crippen LogP contribution in [-0.4, -0.2) is 0 Å². The highest BCUT2D eigenvalue weighted by molar-refractivity contribution is 9.10. The van der Waals surface area contributed by atoms with E-state index >= 15 is 0 Å². The molecule has 0 aliphatic rings. The SMILES string of the molecule is Fc1cc(C(F)(F)F)ccc1-c1ccc(Br)cc1. The molecule has 0 fully saturated rings. The van der Waals surface area contributed by atoms with Crippen molar-refractivity contribution in [1.82, 2.24) is 0 Å². The highest BCUT2D eigenvalue weighted by atomic mass is 79.9. The third-order valence-electron chi connectivity index (χ3n) is 2.45. The van der Waals surface area contributed by atoms with Crippen molar-refractivity contribution in [3.8, 4) is 11.1 Å². The molecule has 0 unspecified atom stereocenters. The van der Waals surface area contributed by atoms with E-state index in [0.717, 1.165) is 16.6 Å². The summed E-state index contributed by atoms with van der Waals surface area (Å²) >= 11 is 3.23. The van der Waals surface area contributed by atoms with Gasteiger partial charge in [-0.2, -0.15) is 13.2 Å². The Morgan fingerprint density at radius 3 is 2.00 bits per heavy atom. The molecule has 0 aliphatic carbocycles. The van der Waals surface area contributed by atoms with Crippen LogP contribution in [-0.2, 0) is 6.18 Å². The first-order chi connectivity index (χ1) is 8.38. The van der Waals surface area contributed by atoms with Crippen molar-refractivity contribution in [3.63, 3.8) is 0 Å². The number of benzene rings is 2. The average molecular weight is 319 g/mol. The number of hydrogen-bond donors (Lipinski definition) is 0. The van der Waals surface area contributed by atoms with Gasteiger partial charge in [-0.1, -0.05) is 34.1 Å². The third kappa shape index (κ3) is 2.72. The molecule has 2 aromatic carbocycles. The van der Waals surface area contributed by atoms with Gasteiger partial charge in [0.15, 0.2) is 0 Å². The molecule has 2 rings (SSSR count). The number of alkyl halides is 3. The molecule has 0 radical (unpaired) electrons. The third-order valence-corrected chi connectivity index (χ3v) is 2.98. The predicted molar refractivity (Wildman–Crippen MR) is 64.5 cm³/mol. The van der Waals surface area contributed by atoms with Gasteiger partial charge in [0.2, 0.25) is 0 Å². The summed E-state index contributed by atoms with van der Waals surface area (Å²) < 4.78 is 51.6. The molecule has 0 bridgehead atoms. The zero-order chi connectivity index (χ0) is 13.3. The normalized spacial score (nSPS) is 11.6. The maximum Gasteiger partial charge on any atom is 0.416 e. The Balaban J connectivity index is 2.45.